The van der Waals surface area contributed by atoms with Crippen LogP contribution in [0.25, 0.3) is 11.3 Å². The molecule has 0 unspecified atom stereocenters. The van der Waals surface area contributed by atoms with E-state index in [0.29, 0.717) is 41.7 Å². The molecule has 0 aliphatic carbocycles. The monoisotopic (exact) mass is 429 g/mol. The number of rotatable bonds is 11. The third-order valence-corrected chi connectivity index (χ3v) is 4.07. The third kappa shape index (κ3) is 6.18. The van der Waals surface area contributed by atoms with Crippen molar-refractivity contribution in [2.24, 2.45) is 0 Å². The standard InChI is InChI=1S/C22H24FN3O5/c1-3-11-28-18-10-5-15(13-19(18)29-12-4-2)21-22(26-31-25-21)24-20(27)14-30-17-8-6-16(23)7-9-17/h5-10,13H,3-4,11-12,14H2,1-2H3,(H,24,26,27). The molecule has 0 aliphatic heterocycles. The molecule has 0 spiro atoms. The van der Waals surface area contributed by atoms with Gasteiger partial charge in [0, 0.05) is 5.56 Å². The molecule has 0 bridgehead atoms. The quantitative estimate of drug-likeness (QED) is 0.480. The Kier molecular flexibility index (Phi) is 7.80. The topological polar surface area (TPSA) is 95.7 Å². The molecule has 1 N–H and O–H groups in total. The summed E-state index contributed by atoms with van der Waals surface area (Å²) in [6, 6.07) is 10.7. The van der Waals surface area contributed by atoms with Gasteiger partial charge in [-0.15, -0.1) is 0 Å². The van der Waals surface area contributed by atoms with Gasteiger partial charge in [0.05, 0.1) is 13.2 Å². The summed E-state index contributed by atoms with van der Waals surface area (Å²) in [5.74, 6) is 0.878. The highest BCUT2D eigenvalue weighted by molar-refractivity contribution is 5.94. The molecular formula is C22H24FN3O5. The fourth-order valence-electron chi connectivity index (χ4n) is 2.62. The van der Waals surface area contributed by atoms with Crippen molar-refractivity contribution in [3.8, 4) is 28.5 Å². The lowest BCUT2D eigenvalue weighted by molar-refractivity contribution is -0.118. The second-order valence-corrected chi connectivity index (χ2v) is 6.61. The van der Waals surface area contributed by atoms with E-state index < -0.39 is 5.91 Å². The van der Waals surface area contributed by atoms with Crippen LogP contribution in [0.1, 0.15) is 26.7 Å². The Labute approximate surface area is 179 Å². The Morgan fingerprint density at radius 1 is 0.968 bits per heavy atom. The SMILES string of the molecule is CCCOc1ccc(-c2nonc2NC(=O)COc2ccc(F)cc2)cc1OCCC. The van der Waals surface area contributed by atoms with Crippen LogP contribution in [0, 0.1) is 5.82 Å². The Morgan fingerprint density at radius 2 is 1.68 bits per heavy atom. The number of carbonyl (C=O) groups is 1. The number of ether oxygens (including phenoxy) is 3. The predicted molar refractivity (Wildman–Crippen MR) is 112 cm³/mol. The zero-order chi connectivity index (χ0) is 22.1. The van der Waals surface area contributed by atoms with Crippen molar-refractivity contribution < 1.29 is 28.0 Å². The highest BCUT2D eigenvalue weighted by atomic mass is 19.1. The minimum absolute atomic E-state index is 0.149. The van der Waals surface area contributed by atoms with Gasteiger partial charge >= 0.3 is 0 Å². The molecule has 31 heavy (non-hydrogen) atoms. The molecule has 3 rings (SSSR count). The van der Waals surface area contributed by atoms with Crippen LogP contribution >= 0.6 is 0 Å². The third-order valence-electron chi connectivity index (χ3n) is 4.07. The van der Waals surface area contributed by atoms with Gasteiger partial charge in [0.25, 0.3) is 5.91 Å². The zero-order valence-corrected chi connectivity index (χ0v) is 17.4. The highest BCUT2D eigenvalue weighted by Crippen LogP contribution is 2.34. The summed E-state index contributed by atoms with van der Waals surface area (Å²) in [4.78, 5) is 12.3. The van der Waals surface area contributed by atoms with Crippen LogP contribution in [-0.2, 0) is 4.79 Å². The first-order valence-corrected chi connectivity index (χ1v) is 10.0. The van der Waals surface area contributed by atoms with Gasteiger partial charge in [-0.2, -0.15) is 0 Å². The number of amides is 1. The smallest absolute Gasteiger partial charge is 0.263 e. The Morgan fingerprint density at radius 3 is 2.39 bits per heavy atom. The maximum Gasteiger partial charge on any atom is 0.263 e. The summed E-state index contributed by atoms with van der Waals surface area (Å²) in [5.41, 5.74) is 0.990. The Balaban J connectivity index is 1.70. The van der Waals surface area contributed by atoms with Crippen molar-refractivity contribution in [2.75, 3.05) is 25.1 Å². The van der Waals surface area contributed by atoms with Crippen LogP contribution < -0.4 is 19.5 Å². The number of hydrogen-bond acceptors (Lipinski definition) is 7. The van der Waals surface area contributed by atoms with E-state index in [2.05, 4.69) is 15.6 Å². The second-order valence-electron chi connectivity index (χ2n) is 6.61. The van der Waals surface area contributed by atoms with Gasteiger partial charge < -0.3 is 19.5 Å². The fraction of sp³-hybridized carbons (Fsp3) is 0.318. The predicted octanol–water partition coefficient (Wildman–Crippen LogP) is 4.47. The maximum atomic E-state index is 12.9. The van der Waals surface area contributed by atoms with E-state index in [1.54, 1.807) is 18.2 Å². The molecular weight excluding hydrogens is 405 g/mol. The molecule has 0 saturated heterocycles. The molecule has 0 fully saturated rings. The molecule has 0 radical (unpaired) electrons. The Bertz CT molecular complexity index is 991. The maximum absolute atomic E-state index is 12.9. The summed E-state index contributed by atoms with van der Waals surface area (Å²) < 4.78 is 34.7. The summed E-state index contributed by atoms with van der Waals surface area (Å²) in [6.07, 6.45) is 1.72. The number of aromatic nitrogens is 2. The van der Waals surface area contributed by atoms with E-state index in [-0.39, 0.29) is 18.2 Å². The summed E-state index contributed by atoms with van der Waals surface area (Å²) in [5, 5.41) is 10.3. The van der Waals surface area contributed by atoms with Crippen LogP contribution in [0.15, 0.2) is 47.1 Å². The molecule has 1 amide bonds. The first-order valence-electron chi connectivity index (χ1n) is 10.0. The molecule has 164 valence electrons. The van der Waals surface area contributed by atoms with E-state index in [1.165, 1.54) is 24.3 Å². The minimum atomic E-state index is -0.466. The Hall–Kier alpha value is -3.62. The average Bonchev–Trinajstić information content (AvgIpc) is 3.24. The fourth-order valence-corrected chi connectivity index (χ4v) is 2.62. The molecule has 3 aromatic rings. The van der Waals surface area contributed by atoms with E-state index in [4.69, 9.17) is 18.8 Å². The van der Waals surface area contributed by atoms with Gasteiger partial charge in [0.15, 0.2) is 23.8 Å². The van der Waals surface area contributed by atoms with Crippen LogP contribution in [0.2, 0.25) is 0 Å². The molecule has 0 saturated carbocycles. The molecule has 1 heterocycles. The number of benzene rings is 2. The lowest BCUT2D eigenvalue weighted by Gasteiger charge is -2.13. The molecule has 0 atom stereocenters. The van der Waals surface area contributed by atoms with E-state index in [0.717, 1.165) is 12.8 Å². The second kappa shape index (κ2) is 11.0. The summed E-state index contributed by atoms with van der Waals surface area (Å²) in [7, 11) is 0. The number of hydrogen-bond donors (Lipinski definition) is 1. The normalized spacial score (nSPS) is 10.5. The average molecular weight is 429 g/mol. The van der Waals surface area contributed by atoms with Gasteiger partial charge in [0.1, 0.15) is 11.6 Å². The van der Waals surface area contributed by atoms with Gasteiger partial charge in [-0.25, -0.2) is 9.02 Å². The zero-order valence-electron chi connectivity index (χ0n) is 17.4. The molecule has 1 aromatic heterocycles. The highest BCUT2D eigenvalue weighted by Gasteiger charge is 2.18. The van der Waals surface area contributed by atoms with Crippen LogP contribution in [0.4, 0.5) is 10.2 Å². The van der Waals surface area contributed by atoms with Crippen molar-refractivity contribution in [1.29, 1.82) is 0 Å². The van der Waals surface area contributed by atoms with Crippen molar-refractivity contribution in [3.63, 3.8) is 0 Å². The molecule has 0 aliphatic rings. The first-order chi connectivity index (χ1) is 15.1. The molecule has 9 heteroatoms. The van der Waals surface area contributed by atoms with Crippen LogP contribution in [0.5, 0.6) is 17.2 Å². The van der Waals surface area contributed by atoms with Gasteiger partial charge in [0.2, 0.25) is 5.82 Å². The van der Waals surface area contributed by atoms with Gasteiger partial charge in [-0.05, 0) is 65.6 Å². The number of halogens is 1. The first kappa shape index (κ1) is 22.1. The van der Waals surface area contributed by atoms with E-state index in [9.17, 15) is 9.18 Å². The van der Waals surface area contributed by atoms with Crippen molar-refractivity contribution in [2.45, 2.75) is 26.7 Å². The number of nitrogens with zero attached hydrogens (tertiary/aromatic N) is 2. The van der Waals surface area contributed by atoms with Crippen molar-refractivity contribution in [3.05, 3.63) is 48.3 Å². The van der Waals surface area contributed by atoms with Gasteiger partial charge in [-0.3, -0.25) is 4.79 Å². The number of carbonyl (C=O) groups excluding carboxylic acids is 1. The molecule has 2 aromatic carbocycles. The summed E-state index contributed by atoms with van der Waals surface area (Å²) >= 11 is 0. The molecule has 8 nitrogen and oxygen atoms in total. The van der Waals surface area contributed by atoms with Crippen molar-refractivity contribution >= 4 is 11.7 Å². The van der Waals surface area contributed by atoms with Gasteiger partial charge in [-0.1, -0.05) is 13.8 Å². The van der Waals surface area contributed by atoms with Crippen molar-refractivity contribution in [1.82, 2.24) is 10.3 Å². The van der Waals surface area contributed by atoms with Crippen LogP contribution in [0.3, 0.4) is 0 Å². The lowest BCUT2D eigenvalue weighted by atomic mass is 10.1. The van der Waals surface area contributed by atoms with E-state index in [1.807, 2.05) is 13.8 Å². The van der Waals surface area contributed by atoms with Crippen LogP contribution in [-0.4, -0.2) is 36.0 Å². The largest absolute Gasteiger partial charge is 0.490 e. The minimum Gasteiger partial charge on any atom is -0.490 e. The number of anilines is 1. The number of nitrogens with one attached hydrogen (secondary N) is 1. The summed E-state index contributed by atoms with van der Waals surface area (Å²) in [6.45, 7) is 4.86. The lowest BCUT2D eigenvalue weighted by Crippen LogP contribution is -2.20. The van der Waals surface area contributed by atoms with E-state index >= 15 is 0 Å².